The molecule has 6 nitrogen and oxygen atoms in total. The van der Waals surface area contributed by atoms with Gasteiger partial charge in [0.1, 0.15) is 5.52 Å². The van der Waals surface area contributed by atoms with Crippen molar-refractivity contribution in [3.05, 3.63) is 35.0 Å². The lowest BCUT2D eigenvalue weighted by atomic mass is 10.5. The Morgan fingerprint density at radius 2 is 2.28 bits per heavy atom. The van der Waals surface area contributed by atoms with Crippen LogP contribution in [0, 0.1) is 0 Å². The fraction of sp³-hybridized carbons (Fsp3) is 0.500. The van der Waals surface area contributed by atoms with E-state index in [1.54, 1.807) is 33.7 Å². The van der Waals surface area contributed by atoms with Crippen LogP contribution in [0.5, 0.6) is 0 Å². The molecule has 0 fully saturated rings. The van der Waals surface area contributed by atoms with Crippen LogP contribution in [0.4, 0.5) is 0 Å². The van der Waals surface area contributed by atoms with Crippen LogP contribution in [0.15, 0.2) is 29.5 Å². The van der Waals surface area contributed by atoms with Gasteiger partial charge in [0.05, 0.1) is 12.8 Å². The van der Waals surface area contributed by atoms with Crippen molar-refractivity contribution in [1.29, 1.82) is 0 Å². The van der Waals surface area contributed by atoms with Gasteiger partial charge in [-0.05, 0) is 13.0 Å². The largest absolute Gasteiger partial charge is 0.380 e. The van der Waals surface area contributed by atoms with Gasteiger partial charge in [-0.3, -0.25) is 4.79 Å². The number of nitrogens with one attached hydrogen (secondary N) is 1. The maximum Gasteiger partial charge on any atom is 0.276 e. The Bertz CT molecular complexity index is 546. The zero-order valence-electron chi connectivity index (χ0n) is 10.5. The lowest BCUT2D eigenvalue weighted by Gasteiger charge is -2.07. The topological polar surface area (TPSA) is 60.6 Å². The highest BCUT2D eigenvalue weighted by Crippen LogP contribution is 1.93. The van der Waals surface area contributed by atoms with E-state index in [0.29, 0.717) is 18.7 Å². The zero-order valence-corrected chi connectivity index (χ0v) is 10.5. The van der Waals surface area contributed by atoms with Gasteiger partial charge in [0.2, 0.25) is 0 Å². The molecule has 1 N–H and O–H groups in total. The minimum absolute atomic E-state index is 0.0124. The molecule has 0 unspecified atom stereocenters. The van der Waals surface area contributed by atoms with Gasteiger partial charge >= 0.3 is 0 Å². The van der Waals surface area contributed by atoms with E-state index in [1.165, 1.54) is 0 Å². The second kappa shape index (κ2) is 6.32. The van der Waals surface area contributed by atoms with E-state index in [-0.39, 0.29) is 5.56 Å². The Morgan fingerprint density at radius 1 is 1.39 bits per heavy atom. The number of rotatable bonds is 7. The minimum atomic E-state index is -0.0124. The first kappa shape index (κ1) is 12.8. The molecular formula is C12H18N4O2. The first-order chi connectivity index (χ1) is 8.83. The van der Waals surface area contributed by atoms with Crippen LogP contribution in [0.1, 0.15) is 6.92 Å². The van der Waals surface area contributed by atoms with Gasteiger partial charge in [0.25, 0.3) is 5.56 Å². The van der Waals surface area contributed by atoms with E-state index in [0.717, 1.165) is 19.7 Å². The van der Waals surface area contributed by atoms with Crippen LogP contribution < -0.4 is 10.9 Å². The number of nitrogens with zero attached hydrogens (tertiary/aromatic N) is 3. The molecule has 2 aromatic heterocycles. The van der Waals surface area contributed by atoms with Crippen LogP contribution >= 0.6 is 0 Å². The third-order valence-electron chi connectivity index (χ3n) is 2.69. The van der Waals surface area contributed by atoms with Crippen molar-refractivity contribution in [2.24, 2.45) is 0 Å². The molecule has 2 heterocycles. The van der Waals surface area contributed by atoms with E-state index in [1.807, 2.05) is 6.92 Å². The Kier molecular flexibility index (Phi) is 4.49. The number of ether oxygens (including phenoxy) is 1. The third kappa shape index (κ3) is 2.96. The van der Waals surface area contributed by atoms with Crippen LogP contribution in [-0.2, 0) is 11.3 Å². The predicted octanol–water partition coefficient (Wildman–Crippen LogP) is 0.122. The monoisotopic (exact) mass is 250 g/mol. The Balaban J connectivity index is 1.88. The van der Waals surface area contributed by atoms with Crippen molar-refractivity contribution in [1.82, 2.24) is 19.5 Å². The smallest absolute Gasteiger partial charge is 0.276 e. The summed E-state index contributed by atoms with van der Waals surface area (Å²) in [6, 6.07) is 1.72. The Morgan fingerprint density at radius 3 is 3.11 bits per heavy atom. The molecule has 2 aromatic rings. The molecule has 0 radical (unpaired) electrons. The quantitative estimate of drug-likeness (QED) is 0.709. The van der Waals surface area contributed by atoms with E-state index in [2.05, 4.69) is 10.4 Å². The molecule has 0 bridgehead atoms. The van der Waals surface area contributed by atoms with Crippen LogP contribution in [0.2, 0.25) is 0 Å². The maximum atomic E-state index is 12.0. The molecule has 0 aromatic carbocycles. The number of hydrogen-bond acceptors (Lipinski definition) is 4. The highest BCUT2D eigenvalue weighted by molar-refractivity contribution is 5.42. The Hall–Kier alpha value is -1.66. The first-order valence-corrected chi connectivity index (χ1v) is 6.14. The van der Waals surface area contributed by atoms with Crippen molar-refractivity contribution in [2.45, 2.75) is 13.5 Å². The summed E-state index contributed by atoms with van der Waals surface area (Å²) >= 11 is 0. The molecule has 0 atom stereocenters. The molecule has 0 aliphatic carbocycles. The van der Waals surface area contributed by atoms with E-state index in [9.17, 15) is 4.79 Å². The molecule has 2 rings (SSSR count). The summed E-state index contributed by atoms with van der Waals surface area (Å²) in [4.78, 5) is 12.0. The minimum Gasteiger partial charge on any atom is -0.380 e. The highest BCUT2D eigenvalue weighted by Gasteiger charge is 2.02. The van der Waals surface area contributed by atoms with Gasteiger partial charge in [-0.2, -0.15) is 5.10 Å². The average Bonchev–Trinajstić information content (AvgIpc) is 2.85. The average molecular weight is 250 g/mol. The molecule has 0 aliphatic heterocycles. The molecule has 18 heavy (non-hydrogen) atoms. The normalized spacial score (nSPS) is 11.2. The van der Waals surface area contributed by atoms with E-state index < -0.39 is 0 Å². The maximum absolute atomic E-state index is 12.0. The van der Waals surface area contributed by atoms with E-state index in [4.69, 9.17) is 4.74 Å². The summed E-state index contributed by atoms with van der Waals surface area (Å²) in [5.74, 6) is 0. The molecule has 0 saturated heterocycles. The van der Waals surface area contributed by atoms with Crippen LogP contribution in [0.25, 0.3) is 5.52 Å². The molecule has 6 heteroatoms. The summed E-state index contributed by atoms with van der Waals surface area (Å²) in [6.07, 6.45) is 5.17. The van der Waals surface area contributed by atoms with Gasteiger partial charge in [-0.1, -0.05) is 0 Å². The van der Waals surface area contributed by atoms with Gasteiger partial charge in [0, 0.05) is 38.6 Å². The number of aromatic nitrogens is 3. The molecule has 0 aliphatic rings. The summed E-state index contributed by atoms with van der Waals surface area (Å²) in [6.45, 7) is 5.61. The highest BCUT2D eigenvalue weighted by atomic mass is 16.5. The van der Waals surface area contributed by atoms with Gasteiger partial charge in [-0.25, -0.2) is 4.52 Å². The number of fused-ring (bicyclic) bond motifs is 1. The van der Waals surface area contributed by atoms with E-state index >= 15 is 0 Å². The number of hydrogen-bond donors (Lipinski definition) is 1. The Labute approximate surface area is 105 Å². The summed E-state index contributed by atoms with van der Waals surface area (Å²) in [5.41, 5.74) is 0.591. The summed E-state index contributed by atoms with van der Waals surface area (Å²) in [5, 5.41) is 7.25. The fourth-order valence-corrected chi connectivity index (χ4v) is 1.75. The zero-order chi connectivity index (χ0) is 12.8. The predicted molar refractivity (Wildman–Crippen MR) is 68.8 cm³/mol. The summed E-state index contributed by atoms with van der Waals surface area (Å²) in [7, 11) is 0. The molecule has 0 amide bonds. The van der Waals surface area contributed by atoms with Crippen molar-refractivity contribution in [2.75, 3.05) is 26.3 Å². The van der Waals surface area contributed by atoms with Gasteiger partial charge < -0.3 is 14.6 Å². The third-order valence-corrected chi connectivity index (χ3v) is 2.69. The first-order valence-electron chi connectivity index (χ1n) is 6.14. The van der Waals surface area contributed by atoms with Crippen molar-refractivity contribution >= 4 is 5.52 Å². The van der Waals surface area contributed by atoms with Crippen molar-refractivity contribution in [3.8, 4) is 0 Å². The van der Waals surface area contributed by atoms with Gasteiger partial charge in [0.15, 0.2) is 0 Å². The lowest BCUT2D eigenvalue weighted by Crippen LogP contribution is -2.29. The van der Waals surface area contributed by atoms with Gasteiger partial charge in [-0.15, -0.1) is 0 Å². The molecule has 98 valence electrons. The van der Waals surface area contributed by atoms with Crippen LogP contribution in [-0.4, -0.2) is 40.5 Å². The standard InChI is InChI=1S/C12H18N4O2/c1-2-18-10-6-13-5-7-15-8-9-16-11(12(15)17)3-4-14-16/h3-4,8-9,13H,2,5-7,10H2,1H3. The van der Waals surface area contributed by atoms with Crippen LogP contribution in [0.3, 0.4) is 0 Å². The van der Waals surface area contributed by atoms with Crippen molar-refractivity contribution in [3.63, 3.8) is 0 Å². The van der Waals surface area contributed by atoms with Crippen molar-refractivity contribution < 1.29 is 4.74 Å². The fourth-order valence-electron chi connectivity index (χ4n) is 1.75. The molecular weight excluding hydrogens is 232 g/mol. The second-order valence-electron chi connectivity index (χ2n) is 3.90. The SMILES string of the molecule is CCOCCNCCn1ccn2nccc2c1=O. The molecule has 0 spiro atoms. The molecule has 0 saturated carbocycles. The second-order valence-corrected chi connectivity index (χ2v) is 3.90. The lowest BCUT2D eigenvalue weighted by molar-refractivity contribution is 0.149. The summed E-state index contributed by atoms with van der Waals surface area (Å²) < 4.78 is 8.48.